The molecule has 7 heteroatoms. The van der Waals surface area contributed by atoms with Crippen LogP contribution >= 0.6 is 0 Å². The molecule has 6 rings (SSSR count). The summed E-state index contributed by atoms with van der Waals surface area (Å²) in [5.41, 5.74) is 5.39. The van der Waals surface area contributed by atoms with E-state index in [1.165, 1.54) is 12.1 Å². The summed E-state index contributed by atoms with van der Waals surface area (Å²) < 4.78 is 20.2. The summed E-state index contributed by atoms with van der Waals surface area (Å²) in [6.45, 7) is 0. The third kappa shape index (κ3) is 3.11. The van der Waals surface area contributed by atoms with Crippen LogP contribution in [0.25, 0.3) is 44.2 Å². The van der Waals surface area contributed by atoms with Gasteiger partial charge in [0.05, 0.1) is 12.8 Å². The number of ether oxygens (including phenoxy) is 1. The fourth-order valence-electron chi connectivity index (χ4n) is 5.59. The molecule has 0 atom stereocenters. The van der Waals surface area contributed by atoms with Crippen molar-refractivity contribution in [2.45, 2.75) is 31.6 Å². The highest BCUT2D eigenvalue weighted by Gasteiger charge is 2.32. The maximum absolute atomic E-state index is 14.7. The van der Waals surface area contributed by atoms with Crippen LogP contribution in [0.5, 0.6) is 5.75 Å². The molecule has 6 nitrogen and oxygen atoms in total. The van der Waals surface area contributed by atoms with Gasteiger partial charge in [-0.05, 0) is 60.2 Å². The highest BCUT2D eigenvalue weighted by molar-refractivity contribution is 6.07. The van der Waals surface area contributed by atoms with Crippen LogP contribution in [0, 0.1) is 5.82 Å². The van der Waals surface area contributed by atoms with Crippen molar-refractivity contribution in [1.29, 1.82) is 0 Å². The largest absolute Gasteiger partial charge is 0.497 e. The first kappa shape index (κ1) is 20.6. The molecular weight excluding hydrogens is 433 g/mol. The van der Waals surface area contributed by atoms with Crippen LogP contribution in [-0.2, 0) is 0 Å². The van der Waals surface area contributed by atoms with E-state index >= 15 is 0 Å². The summed E-state index contributed by atoms with van der Waals surface area (Å²) >= 11 is 0. The Morgan fingerprint density at radius 1 is 1.00 bits per heavy atom. The lowest BCUT2D eigenvalue weighted by molar-refractivity contribution is 0.0692. The van der Waals surface area contributed by atoms with E-state index in [0.29, 0.717) is 28.1 Å². The smallest absolute Gasteiger partial charge is 0.352 e. The lowest BCUT2D eigenvalue weighted by Gasteiger charge is -2.17. The summed E-state index contributed by atoms with van der Waals surface area (Å²) in [7, 11) is 1.60. The molecule has 1 fully saturated rings. The van der Waals surface area contributed by atoms with E-state index in [2.05, 4.69) is 15.0 Å². The van der Waals surface area contributed by atoms with Gasteiger partial charge in [-0.15, -0.1) is 0 Å². The van der Waals surface area contributed by atoms with Crippen molar-refractivity contribution in [3.8, 4) is 28.1 Å². The number of carbonyl (C=O) groups is 1. The molecule has 0 saturated heterocycles. The second-order valence-electron chi connectivity index (χ2n) is 8.96. The molecule has 1 saturated carbocycles. The molecule has 5 aromatic rings. The Bertz CT molecular complexity index is 1550. The first-order valence-electron chi connectivity index (χ1n) is 11.5. The lowest BCUT2D eigenvalue weighted by atomic mass is 9.86. The molecular formula is C27H24FN3O3. The molecule has 3 aromatic heterocycles. The Morgan fingerprint density at radius 2 is 1.68 bits per heavy atom. The van der Waals surface area contributed by atoms with E-state index in [1.807, 2.05) is 30.5 Å². The Kier molecular flexibility index (Phi) is 4.72. The number of carboxylic acid groups (broad SMARTS) is 1. The van der Waals surface area contributed by atoms with E-state index in [0.717, 1.165) is 53.1 Å². The van der Waals surface area contributed by atoms with Gasteiger partial charge in [0.25, 0.3) is 0 Å². The van der Waals surface area contributed by atoms with Gasteiger partial charge in [0.15, 0.2) is 0 Å². The minimum atomic E-state index is -1.05. The summed E-state index contributed by atoms with van der Waals surface area (Å²) in [4.78, 5) is 22.1. The first-order valence-corrected chi connectivity index (χ1v) is 11.5. The molecule has 2 aromatic carbocycles. The van der Waals surface area contributed by atoms with Gasteiger partial charge < -0.3 is 24.8 Å². The zero-order chi connectivity index (χ0) is 23.4. The van der Waals surface area contributed by atoms with Crippen molar-refractivity contribution in [3.63, 3.8) is 0 Å². The number of hydrogen-bond acceptors (Lipinski definition) is 2. The number of rotatable bonds is 5. The Labute approximate surface area is 194 Å². The topological polar surface area (TPSA) is 93.9 Å². The van der Waals surface area contributed by atoms with Crippen LogP contribution in [-0.4, -0.2) is 33.1 Å². The Balaban J connectivity index is 1.74. The van der Waals surface area contributed by atoms with Crippen molar-refractivity contribution in [3.05, 3.63) is 65.9 Å². The van der Waals surface area contributed by atoms with Crippen molar-refractivity contribution < 1.29 is 19.0 Å². The fraction of sp³-hybridized carbons (Fsp3) is 0.222. The molecule has 1 aliphatic rings. The predicted octanol–water partition coefficient (Wildman–Crippen LogP) is 6.81. The average molecular weight is 458 g/mol. The lowest BCUT2D eigenvalue weighted by Crippen LogP contribution is -2.01. The van der Waals surface area contributed by atoms with Crippen LogP contribution < -0.4 is 4.74 Å². The van der Waals surface area contributed by atoms with Gasteiger partial charge in [0.2, 0.25) is 0 Å². The second kappa shape index (κ2) is 7.80. The summed E-state index contributed by atoms with van der Waals surface area (Å²) in [6, 6.07) is 10.6. The highest BCUT2D eigenvalue weighted by atomic mass is 19.1. The molecule has 0 spiro atoms. The van der Waals surface area contributed by atoms with Gasteiger partial charge in [-0.3, -0.25) is 0 Å². The molecule has 0 radical (unpaired) electrons. The van der Waals surface area contributed by atoms with E-state index in [-0.39, 0.29) is 17.4 Å². The molecule has 0 bridgehead atoms. The Morgan fingerprint density at radius 3 is 2.35 bits per heavy atom. The van der Waals surface area contributed by atoms with Gasteiger partial charge in [0.1, 0.15) is 17.3 Å². The van der Waals surface area contributed by atoms with Gasteiger partial charge in [-0.2, -0.15) is 0 Å². The van der Waals surface area contributed by atoms with Crippen LogP contribution in [0.15, 0.2) is 48.8 Å². The average Bonchev–Trinajstić information content (AvgIpc) is 3.62. The first-order chi connectivity index (χ1) is 16.5. The molecule has 34 heavy (non-hydrogen) atoms. The second-order valence-corrected chi connectivity index (χ2v) is 8.96. The zero-order valence-electron chi connectivity index (χ0n) is 18.7. The van der Waals surface area contributed by atoms with Crippen molar-refractivity contribution >= 4 is 27.8 Å². The molecule has 1 aliphatic carbocycles. The number of methoxy groups -OCH3 is 1. The number of carboxylic acids is 1. The number of aromatic nitrogens is 3. The number of H-pyrrole nitrogens is 3. The number of aromatic amines is 3. The number of hydrogen-bond donors (Lipinski definition) is 4. The third-order valence-corrected chi connectivity index (χ3v) is 7.07. The molecule has 172 valence electrons. The maximum Gasteiger partial charge on any atom is 0.352 e. The molecule has 3 heterocycles. The van der Waals surface area contributed by atoms with E-state index in [4.69, 9.17) is 4.74 Å². The quantitative estimate of drug-likeness (QED) is 0.233. The van der Waals surface area contributed by atoms with Crippen LogP contribution in [0.4, 0.5) is 4.39 Å². The van der Waals surface area contributed by atoms with E-state index in [1.54, 1.807) is 13.3 Å². The monoisotopic (exact) mass is 457 g/mol. The van der Waals surface area contributed by atoms with Gasteiger partial charge in [-0.25, -0.2) is 9.18 Å². The minimum Gasteiger partial charge on any atom is -0.497 e. The minimum absolute atomic E-state index is 0.112. The third-order valence-electron chi connectivity index (χ3n) is 7.07. The number of fused-ring (bicyclic) bond motifs is 2. The van der Waals surface area contributed by atoms with E-state index in [9.17, 15) is 14.3 Å². The summed E-state index contributed by atoms with van der Waals surface area (Å²) in [5.74, 6) is -0.606. The van der Waals surface area contributed by atoms with Crippen LogP contribution in [0.3, 0.4) is 0 Å². The Hall–Kier alpha value is -4.00. The normalized spacial score (nSPS) is 14.4. The molecule has 4 N–H and O–H groups in total. The number of halogens is 1. The maximum atomic E-state index is 14.7. The SMILES string of the molecule is COc1cc(-c2c(C(=O)O)[nH]c(-c3cc(F)cc4[nH]ccc34)c2C2CCCC2)c2cc[nH]c2c1. The standard InChI is InChI=1S/C27H24FN3O3/c1-34-16-12-19(17-6-8-30-22(17)13-16)24-23(14-4-2-3-5-14)25(31-26(24)27(32)33)20-10-15(28)11-21-18(20)7-9-29-21/h6-14,29-31H,2-5H2,1H3,(H,32,33). The molecule has 0 amide bonds. The number of benzene rings is 2. The molecule has 0 unspecified atom stereocenters. The van der Waals surface area contributed by atoms with E-state index < -0.39 is 5.97 Å². The number of nitrogens with one attached hydrogen (secondary N) is 3. The van der Waals surface area contributed by atoms with Crippen molar-refractivity contribution in [2.75, 3.05) is 7.11 Å². The molecule has 0 aliphatic heterocycles. The highest BCUT2D eigenvalue weighted by Crippen LogP contribution is 2.49. The predicted molar refractivity (Wildman–Crippen MR) is 130 cm³/mol. The van der Waals surface area contributed by atoms with Crippen molar-refractivity contribution in [2.24, 2.45) is 0 Å². The fourth-order valence-corrected chi connectivity index (χ4v) is 5.59. The van der Waals surface area contributed by atoms with Gasteiger partial charge in [0, 0.05) is 51.4 Å². The van der Waals surface area contributed by atoms with Crippen LogP contribution in [0.2, 0.25) is 0 Å². The summed E-state index contributed by atoms with van der Waals surface area (Å²) in [5, 5.41) is 12.0. The van der Waals surface area contributed by atoms with Crippen molar-refractivity contribution in [1.82, 2.24) is 15.0 Å². The van der Waals surface area contributed by atoms with Gasteiger partial charge >= 0.3 is 5.97 Å². The number of aromatic carboxylic acids is 1. The zero-order valence-corrected chi connectivity index (χ0v) is 18.7. The summed E-state index contributed by atoms with van der Waals surface area (Å²) in [6.07, 6.45) is 7.70. The van der Waals surface area contributed by atoms with Crippen LogP contribution in [0.1, 0.15) is 47.7 Å². The van der Waals surface area contributed by atoms with Gasteiger partial charge in [-0.1, -0.05) is 12.8 Å².